The van der Waals surface area contributed by atoms with Gasteiger partial charge in [0.15, 0.2) is 9.84 Å². The minimum absolute atomic E-state index is 0.136. The molecule has 1 saturated carbocycles. The molecule has 0 amide bonds. The van der Waals surface area contributed by atoms with Crippen molar-refractivity contribution < 1.29 is 17.9 Å². The molecule has 1 aromatic rings. The summed E-state index contributed by atoms with van der Waals surface area (Å²) in [4.78, 5) is 6.94. The van der Waals surface area contributed by atoms with E-state index in [4.69, 9.17) is 9.47 Å². The van der Waals surface area contributed by atoms with Crippen LogP contribution in [0.25, 0.3) is 0 Å². The molecule has 6 nitrogen and oxygen atoms in total. The van der Waals surface area contributed by atoms with Gasteiger partial charge in [0, 0.05) is 19.0 Å². The second-order valence-corrected chi connectivity index (χ2v) is 9.14. The summed E-state index contributed by atoms with van der Waals surface area (Å²) in [5.41, 5.74) is -0.308. The highest BCUT2D eigenvalue weighted by Crippen LogP contribution is 2.47. The predicted octanol–water partition coefficient (Wildman–Crippen LogP) is 2.04. The summed E-state index contributed by atoms with van der Waals surface area (Å²) in [6, 6.07) is 3.22. The summed E-state index contributed by atoms with van der Waals surface area (Å²) in [6.45, 7) is 3.70. The van der Waals surface area contributed by atoms with Gasteiger partial charge in [-0.15, -0.1) is 0 Å². The number of fused-ring (bicyclic) bond motifs is 1. The Labute approximate surface area is 143 Å². The molecule has 4 rings (SSSR count). The van der Waals surface area contributed by atoms with E-state index in [1.54, 1.807) is 12.1 Å². The molecular formula is C17H24N2O4S. The third kappa shape index (κ3) is 3.37. The number of hydrogen-bond donors (Lipinski definition) is 0. The van der Waals surface area contributed by atoms with Gasteiger partial charge in [0.25, 0.3) is 0 Å². The fourth-order valence-corrected chi connectivity index (χ4v) is 4.93. The highest BCUT2D eigenvalue weighted by atomic mass is 32.2. The molecule has 1 aliphatic carbocycles. The van der Waals surface area contributed by atoms with Gasteiger partial charge < -0.3 is 9.47 Å². The van der Waals surface area contributed by atoms with Gasteiger partial charge in [0.1, 0.15) is 17.1 Å². The Morgan fingerprint density at radius 2 is 1.96 bits per heavy atom. The van der Waals surface area contributed by atoms with Crippen LogP contribution < -0.4 is 9.47 Å². The second-order valence-electron chi connectivity index (χ2n) is 7.06. The molecule has 0 bridgehead atoms. The predicted molar refractivity (Wildman–Crippen MR) is 89.3 cm³/mol. The zero-order valence-corrected chi connectivity index (χ0v) is 14.7. The van der Waals surface area contributed by atoms with Crippen molar-refractivity contribution in [1.82, 2.24) is 9.88 Å². The Morgan fingerprint density at radius 3 is 2.71 bits per heavy atom. The zero-order chi connectivity index (χ0) is 16.6. The molecule has 1 saturated heterocycles. The number of sulfone groups is 1. The SMILES string of the molecule is O=S1(=O)CCC2(CC2)Oc2nc(OCCN3CCCCC3)ccc21. The first-order chi connectivity index (χ1) is 11.6. The molecule has 3 aliphatic rings. The van der Waals surface area contributed by atoms with E-state index in [2.05, 4.69) is 9.88 Å². The van der Waals surface area contributed by atoms with Crippen LogP contribution >= 0.6 is 0 Å². The molecule has 0 N–H and O–H groups in total. The van der Waals surface area contributed by atoms with Gasteiger partial charge in [-0.1, -0.05) is 6.42 Å². The summed E-state index contributed by atoms with van der Waals surface area (Å²) >= 11 is 0. The first-order valence-corrected chi connectivity index (χ1v) is 10.5. The van der Waals surface area contributed by atoms with Crippen molar-refractivity contribution in [2.24, 2.45) is 0 Å². The average Bonchev–Trinajstić information content (AvgIpc) is 3.35. The minimum atomic E-state index is -3.32. The highest BCUT2D eigenvalue weighted by Gasteiger charge is 2.49. The molecule has 2 fully saturated rings. The molecule has 3 heterocycles. The number of aromatic nitrogens is 1. The van der Waals surface area contributed by atoms with Crippen molar-refractivity contribution in [3.05, 3.63) is 12.1 Å². The highest BCUT2D eigenvalue weighted by molar-refractivity contribution is 7.91. The summed E-state index contributed by atoms with van der Waals surface area (Å²) < 4.78 is 36.4. The number of nitrogens with zero attached hydrogens (tertiary/aromatic N) is 2. The van der Waals surface area contributed by atoms with Gasteiger partial charge in [0.2, 0.25) is 11.8 Å². The third-order valence-electron chi connectivity index (χ3n) is 5.19. The summed E-state index contributed by atoms with van der Waals surface area (Å²) in [5, 5.41) is 0. The molecule has 7 heteroatoms. The van der Waals surface area contributed by atoms with Crippen molar-refractivity contribution in [1.29, 1.82) is 0 Å². The number of hydrogen-bond acceptors (Lipinski definition) is 6. The lowest BCUT2D eigenvalue weighted by Gasteiger charge is -2.26. The standard InChI is InChI=1S/C17H24N2O4S/c20-24(21)13-8-17(6-7-17)23-16-14(24)4-5-15(18-16)22-12-11-19-9-2-1-3-10-19/h4-5H,1-3,6-13H2. The topological polar surface area (TPSA) is 68.7 Å². The lowest BCUT2D eigenvalue weighted by Crippen LogP contribution is -2.33. The Hall–Kier alpha value is -1.34. The molecule has 1 spiro atoms. The number of rotatable bonds is 4. The molecule has 0 unspecified atom stereocenters. The molecule has 132 valence electrons. The molecule has 2 aliphatic heterocycles. The summed E-state index contributed by atoms with van der Waals surface area (Å²) in [6.07, 6.45) is 6.19. The van der Waals surface area contributed by atoms with Crippen LogP contribution in [0.3, 0.4) is 0 Å². The van der Waals surface area contributed by atoms with Gasteiger partial charge in [-0.3, -0.25) is 4.90 Å². The van der Waals surface area contributed by atoms with E-state index < -0.39 is 9.84 Å². The quantitative estimate of drug-likeness (QED) is 0.826. The smallest absolute Gasteiger partial charge is 0.236 e. The van der Waals surface area contributed by atoms with Crippen LogP contribution in [0.5, 0.6) is 11.8 Å². The Bertz CT molecular complexity index is 709. The van der Waals surface area contributed by atoms with E-state index in [1.807, 2.05) is 0 Å². The fourth-order valence-electron chi connectivity index (χ4n) is 3.44. The average molecular weight is 352 g/mol. The Kier molecular flexibility index (Phi) is 4.16. The van der Waals surface area contributed by atoms with E-state index in [9.17, 15) is 8.42 Å². The van der Waals surface area contributed by atoms with Crippen LogP contribution in [0.4, 0.5) is 0 Å². The number of piperidine rings is 1. The molecule has 1 aromatic heterocycles. The summed E-state index contributed by atoms with van der Waals surface area (Å²) in [7, 11) is -3.32. The van der Waals surface area contributed by atoms with Crippen LogP contribution in [0.1, 0.15) is 38.5 Å². The van der Waals surface area contributed by atoms with Crippen LogP contribution in [0.2, 0.25) is 0 Å². The van der Waals surface area contributed by atoms with Crippen molar-refractivity contribution in [2.45, 2.75) is 49.0 Å². The second kappa shape index (κ2) is 6.19. The van der Waals surface area contributed by atoms with Gasteiger partial charge in [0.05, 0.1) is 5.75 Å². The van der Waals surface area contributed by atoms with Gasteiger partial charge >= 0.3 is 0 Å². The normalized spacial score (nSPS) is 24.7. The monoisotopic (exact) mass is 352 g/mol. The molecule has 24 heavy (non-hydrogen) atoms. The van der Waals surface area contributed by atoms with Crippen LogP contribution in [0, 0.1) is 0 Å². The van der Waals surface area contributed by atoms with E-state index in [-0.39, 0.29) is 22.1 Å². The number of likely N-dealkylation sites (tertiary alicyclic amines) is 1. The van der Waals surface area contributed by atoms with Crippen LogP contribution in [0.15, 0.2) is 17.0 Å². The Balaban J connectivity index is 1.45. The van der Waals surface area contributed by atoms with Crippen molar-refractivity contribution >= 4 is 9.84 Å². The molecule has 0 radical (unpaired) electrons. The maximum Gasteiger partial charge on any atom is 0.236 e. The van der Waals surface area contributed by atoms with E-state index in [0.717, 1.165) is 32.5 Å². The zero-order valence-electron chi connectivity index (χ0n) is 13.9. The summed E-state index contributed by atoms with van der Waals surface area (Å²) in [5.74, 6) is 0.802. The number of pyridine rings is 1. The van der Waals surface area contributed by atoms with Crippen LogP contribution in [-0.4, -0.2) is 55.9 Å². The van der Waals surface area contributed by atoms with Gasteiger partial charge in [-0.25, -0.2) is 8.42 Å². The van der Waals surface area contributed by atoms with Crippen LogP contribution in [-0.2, 0) is 9.84 Å². The van der Waals surface area contributed by atoms with Gasteiger partial charge in [-0.05, 0) is 44.8 Å². The lowest BCUT2D eigenvalue weighted by molar-refractivity contribution is 0.158. The largest absolute Gasteiger partial charge is 0.476 e. The first kappa shape index (κ1) is 16.1. The lowest BCUT2D eigenvalue weighted by atomic mass is 10.1. The van der Waals surface area contributed by atoms with Crippen molar-refractivity contribution in [3.63, 3.8) is 0 Å². The minimum Gasteiger partial charge on any atom is -0.476 e. The molecule has 0 aromatic carbocycles. The maximum atomic E-state index is 12.4. The first-order valence-electron chi connectivity index (χ1n) is 8.84. The molecular weight excluding hydrogens is 328 g/mol. The maximum absolute atomic E-state index is 12.4. The molecule has 0 atom stereocenters. The number of ether oxygens (including phenoxy) is 2. The van der Waals surface area contributed by atoms with Gasteiger partial charge in [-0.2, -0.15) is 4.98 Å². The van der Waals surface area contributed by atoms with E-state index >= 15 is 0 Å². The Morgan fingerprint density at radius 1 is 1.17 bits per heavy atom. The van der Waals surface area contributed by atoms with E-state index in [1.165, 1.54) is 19.3 Å². The van der Waals surface area contributed by atoms with Crippen molar-refractivity contribution in [2.75, 3.05) is 32.0 Å². The third-order valence-corrected chi connectivity index (χ3v) is 6.91. The van der Waals surface area contributed by atoms with Crippen molar-refractivity contribution in [3.8, 4) is 11.8 Å². The fraction of sp³-hybridized carbons (Fsp3) is 0.706. The van der Waals surface area contributed by atoms with E-state index in [0.29, 0.717) is 18.9 Å².